The number of hydrogen-bond acceptors (Lipinski definition) is 1. The molecule has 0 saturated heterocycles. The van der Waals surface area contributed by atoms with Crippen LogP contribution in [0.25, 0.3) is 0 Å². The van der Waals surface area contributed by atoms with Gasteiger partial charge in [-0.1, -0.05) is 36.6 Å². The monoisotopic (exact) mass is 237 g/mol. The van der Waals surface area contributed by atoms with Crippen LogP contribution in [0.1, 0.15) is 44.7 Å². The van der Waals surface area contributed by atoms with Gasteiger partial charge in [-0.05, 0) is 43.9 Å². The average molecular weight is 238 g/mol. The molecule has 88 valence electrons. The van der Waals surface area contributed by atoms with E-state index >= 15 is 0 Å². The van der Waals surface area contributed by atoms with Gasteiger partial charge in [0.2, 0.25) is 0 Å². The summed E-state index contributed by atoms with van der Waals surface area (Å²) < 4.78 is 0. The molecule has 1 N–H and O–H groups in total. The van der Waals surface area contributed by atoms with Gasteiger partial charge in [-0.3, -0.25) is 0 Å². The summed E-state index contributed by atoms with van der Waals surface area (Å²) in [4.78, 5) is 0. The molecule has 1 aromatic carbocycles. The molecule has 1 saturated carbocycles. The second kappa shape index (κ2) is 5.20. The number of hydrogen-bond donors (Lipinski definition) is 1. The van der Waals surface area contributed by atoms with Crippen molar-refractivity contribution < 1.29 is 0 Å². The fourth-order valence-corrected chi connectivity index (χ4v) is 2.42. The molecule has 2 atom stereocenters. The molecule has 0 amide bonds. The first-order valence-corrected chi connectivity index (χ1v) is 6.54. The van der Waals surface area contributed by atoms with Crippen LogP contribution in [-0.2, 0) is 0 Å². The minimum atomic E-state index is 0.382. The highest BCUT2D eigenvalue weighted by molar-refractivity contribution is 6.30. The zero-order valence-corrected chi connectivity index (χ0v) is 10.8. The van der Waals surface area contributed by atoms with Crippen molar-refractivity contribution in [3.05, 3.63) is 34.9 Å². The van der Waals surface area contributed by atoms with Crippen LogP contribution in [0.5, 0.6) is 0 Å². The third-order valence-corrected chi connectivity index (χ3v) is 3.50. The molecular weight excluding hydrogens is 218 g/mol. The van der Waals surface area contributed by atoms with E-state index in [1.807, 2.05) is 18.2 Å². The van der Waals surface area contributed by atoms with Gasteiger partial charge in [-0.15, -0.1) is 0 Å². The van der Waals surface area contributed by atoms with Gasteiger partial charge < -0.3 is 5.32 Å². The molecule has 16 heavy (non-hydrogen) atoms. The predicted molar refractivity (Wildman–Crippen MR) is 69.8 cm³/mol. The fourth-order valence-electron chi connectivity index (χ4n) is 2.22. The zero-order valence-electron chi connectivity index (χ0n) is 10.0. The van der Waals surface area contributed by atoms with Crippen molar-refractivity contribution in [3.8, 4) is 0 Å². The lowest BCUT2D eigenvalue weighted by atomic mass is 10.1. The Morgan fingerprint density at radius 3 is 2.75 bits per heavy atom. The quantitative estimate of drug-likeness (QED) is 0.810. The van der Waals surface area contributed by atoms with Gasteiger partial charge in [-0.25, -0.2) is 0 Å². The summed E-state index contributed by atoms with van der Waals surface area (Å²) in [6.45, 7) is 4.48. The molecule has 1 fully saturated rings. The number of halogens is 1. The first kappa shape index (κ1) is 11.9. The van der Waals surface area contributed by atoms with Gasteiger partial charge in [0.25, 0.3) is 0 Å². The summed E-state index contributed by atoms with van der Waals surface area (Å²) >= 11 is 5.99. The normalized spacial score (nSPS) is 19.4. The second-order valence-corrected chi connectivity index (χ2v) is 5.46. The molecule has 0 aliphatic heterocycles. The SMILES string of the molecule is CC(CC1CC1)NC(C)c1cccc(Cl)c1. The van der Waals surface area contributed by atoms with Gasteiger partial charge in [0.05, 0.1) is 0 Å². The Balaban J connectivity index is 1.88. The van der Waals surface area contributed by atoms with E-state index in [4.69, 9.17) is 11.6 Å². The van der Waals surface area contributed by atoms with Gasteiger partial charge in [0.15, 0.2) is 0 Å². The molecule has 1 aromatic rings. The van der Waals surface area contributed by atoms with E-state index < -0.39 is 0 Å². The molecule has 2 unspecified atom stereocenters. The van der Waals surface area contributed by atoms with Gasteiger partial charge >= 0.3 is 0 Å². The Morgan fingerprint density at radius 1 is 1.38 bits per heavy atom. The molecule has 0 spiro atoms. The van der Waals surface area contributed by atoms with Gasteiger partial charge in [0, 0.05) is 17.1 Å². The number of nitrogens with one attached hydrogen (secondary N) is 1. The maximum Gasteiger partial charge on any atom is 0.0409 e. The number of rotatable bonds is 5. The first-order chi connectivity index (χ1) is 7.65. The molecule has 0 bridgehead atoms. The van der Waals surface area contributed by atoms with Crippen molar-refractivity contribution in [3.63, 3.8) is 0 Å². The fraction of sp³-hybridized carbons (Fsp3) is 0.571. The van der Waals surface area contributed by atoms with Crippen LogP contribution >= 0.6 is 11.6 Å². The second-order valence-electron chi connectivity index (χ2n) is 5.02. The van der Waals surface area contributed by atoms with Crippen LogP contribution in [-0.4, -0.2) is 6.04 Å². The van der Waals surface area contributed by atoms with E-state index in [2.05, 4.69) is 25.2 Å². The summed E-state index contributed by atoms with van der Waals surface area (Å²) in [5.74, 6) is 0.981. The van der Waals surface area contributed by atoms with Crippen LogP contribution in [0.4, 0.5) is 0 Å². The molecule has 0 radical (unpaired) electrons. The van der Waals surface area contributed by atoms with E-state index in [-0.39, 0.29) is 0 Å². The molecule has 0 heterocycles. The van der Waals surface area contributed by atoms with Crippen molar-refractivity contribution in [2.24, 2.45) is 5.92 Å². The Labute approximate surface area is 103 Å². The Hall–Kier alpha value is -0.530. The van der Waals surface area contributed by atoms with Gasteiger partial charge in [-0.2, -0.15) is 0 Å². The minimum absolute atomic E-state index is 0.382. The summed E-state index contributed by atoms with van der Waals surface area (Å²) in [5.41, 5.74) is 1.27. The molecule has 0 aromatic heterocycles. The largest absolute Gasteiger partial charge is 0.308 e. The van der Waals surface area contributed by atoms with Crippen molar-refractivity contribution in [2.45, 2.75) is 45.2 Å². The van der Waals surface area contributed by atoms with Crippen molar-refractivity contribution in [1.29, 1.82) is 0 Å². The van der Waals surface area contributed by atoms with Crippen LogP contribution in [0.15, 0.2) is 24.3 Å². The molecule has 1 nitrogen and oxygen atoms in total. The minimum Gasteiger partial charge on any atom is -0.308 e. The van der Waals surface area contributed by atoms with E-state index in [0.29, 0.717) is 12.1 Å². The Bertz CT molecular complexity index is 346. The first-order valence-electron chi connectivity index (χ1n) is 6.16. The standard InChI is InChI=1S/C14H20ClN/c1-10(8-12-6-7-12)16-11(2)13-4-3-5-14(15)9-13/h3-5,9-12,16H,6-8H2,1-2H3. The Morgan fingerprint density at radius 2 is 2.12 bits per heavy atom. The lowest BCUT2D eigenvalue weighted by Gasteiger charge is -2.20. The predicted octanol–water partition coefficient (Wildman–Crippen LogP) is 4.18. The maximum atomic E-state index is 5.99. The van der Waals surface area contributed by atoms with Gasteiger partial charge in [0.1, 0.15) is 0 Å². The van der Waals surface area contributed by atoms with Crippen molar-refractivity contribution in [2.75, 3.05) is 0 Å². The average Bonchev–Trinajstić information content (AvgIpc) is 3.01. The number of benzene rings is 1. The smallest absolute Gasteiger partial charge is 0.0409 e. The van der Waals surface area contributed by atoms with Crippen LogP contribution in [0, 0.1) is 5.92 Å². The summed E-state index contributed by atoms with van der Waals surface area (Å²) in [7, 11) is 0. The Kier molecular flexibility index (Phi) is 3.88. The van der Waals surface area contributed by atoms with Crippen molar-refractivity contribution in [1.82, 2.24) is 5.32 Å². The molecule has 2 heteroatoms. The summed E-state index contributed by atoms with van der Waals surface area (Å²) in [6.07, 6.45) is 4.17. The molecule has 1 aliphatic carbocycles. The highest BCUT2D eigenvalue weighted by Gasteiger charge is 2.24. The highest BCUT2D eigenvalue weighted by Crippen LogP contribution is 2.33. The zero-order chi connectivity index (χ0) is 11.5. The lowest BCUT2D eigenvalue weighted by Crippen LogP contribution is -2.29. The van der Waals surface area contributed by atoms with E-state index in [9.17, 15) is 0 Å². The summed E-state index contributed by atoms with van der Waals surface area (Å²) in [5, 5.41) is 4.46. The van der Waals surface area contributed by atoms with Crippen molar-refractivity contribution >= 4 is 11.6 Å². The van der Waals surface area contributed by atoms with E-state index in [0.717, 1.165) is 10.9 Å². The lowest BCUT2D eigenvalue weighted by molar-refractivity contribution is 0.438. The van der Waals surface area contributed by atoms with E-state index in [1.54, 1.807) is 0 Å². The van der Waals surface area contributed by atoms with Crippen LogP contribution in [0.3, 0.4) is 0 Å². The third-order valence-electron chi connectivity index (χ3n) is 3.27. The topological polar surface area (TPSA) is 12.0 Å². The van der Waals surface area contributed by atoms with E-state index in [1.165, 1.54) is 24.8 Å². The highest BCUT2D eigenvalue weighted by atomic mass is 35.5. The third kappa shape index (κ3) is 3.50. The van der Waals surface area contributed by atoms with Crippen LogP contribution in [0.2, 0.25) is 5.02 Å². The molecular formula is C14H20ClN. The summed E-state index contributed by atoms with van der Waals surface area (Å²) in [6, 6.07) is 9.09. The molecule has 1 aliphatic rings. The van der Waals surface area contributed by atoms with Crippen LogP contribution < -0.4 is 5.32 Å². The maximum absolute atomic E-state index is 5.99. The molecule has 2 rings (SSSR count).